The summed E-state index contributed by atoms with van der Waals surface area (Å²) in [6.07, 6.45) is -0.0747. The lowest BCUT2D eigenvalue weighted by molar-refractivity contribution is -0.139. The Morgan fingerprint density at radius 2 is 1.97 bits per heavy atom. The molecule has 4 rings (SSSR count). The van der Waals surface area contributed by atoms with Crippen LogP contribution in [0.3, 0.4) is 0 Å². The van der Waals surface area contributed by atoms with Crippen LogP contribution in [-0.2, 0) is 17.9 Å². The molecule has 1 aliphatic rings. The van der Waals surface area contributed by atoms with Gasteiger partial charge in [-0.05, 0) is 54.4 Å². The predicted molar refractivity (Wildman–Crippen MR) is 123 cm³/mol. The van der Waals surface area contributed by atoms with E-state index >= 15 is 0 Å². The first kappa shape index (κ1) is 22.3. The minimum Gasteiger partial charge on any atom is -0.497 e. The average Bonchev–Trinajstić information content (AvgIpc) is 2.95. The maximum atomic E-state index is 14.0. The Kier molecular flexibility index (Phi) is 6.58. The molecule has 0 saturated heterocycles. The number of nitrogens with one attached hydrogen (secondary N) is 1. The fourth-order valence-corrected chi connectivity index (χ4v) is 3.81. The van der Waals surface area contributed by atoms with Crippen molar-refractivity contribution in [1.82, 2.24) is 4.90 Å². The predicted octanol–water partition coefficient (Wildman–Crippen LogP) is 4.79. The number of nitrogens with zero attached hydrogens (tertiary/aromatic N) is 1. The van der Waals surface area contributed by atoms with Gasteiger partial charge >= 0.3 is 0 Å². The number of hydrogen-bond acceptors (Lipinski definition) is 4. The first-order valence-corrected chi connectivity index (χ1v) is 10.8. The van der Waals surface area contributed by atoms with E-state index in [1.54, 1.807) is 36.3 Å². The molecule has 3 aromatic rings. The van der Waals surface area contributed by atoms with E-state index in [1.165, 1.54) is 18.2 Å². The summed E-state index contributed by atoms with van der Waals surface area (Å²) in [7, 11) is 1.60. The van der Waals surface area contributed by atoms with E-state index in [-0.39, 0.29) is 11.5 Å². The van der Waals surface area contributed by atoms with Crippen LogP contribution in [0.2, 0.25) is 0 Å². The molecule has 0 saturated carbocycles. The highest BCUT2D eigenvalue weighted by Gasteiger charge is 2.30. The van der Waals surface area contributed by atoms with Gasteiger partial charge < -0.3 is 19.7 Å². The summed E-state index contributed by atoms with van der Waals surface area (Å²) in [6.45, 7) is 2.60. The van der Waals surface area contributed by atoms with Crippen LogP contribution < -0.4 is 14.8 Å². The number of halogens is 1. The highest BCUT2D eigenvalue weighted by Crippen LogP contribution is 2.30. The number of anilines is 1. The van der Waals surface area contributed by atoms with Crippen LogP contribution in [0.25, 0.3) is 0 Å². The number of carbonyl (C=O) groups is 2. The second-order valence-corrected chi connectivity index (χ2v) is 7.82. The van der Waals surface area contributed by atoms with E-state index in [0.717, 1.165) is 16.9 Å². The van der Waals surface area contributed by atoms with Gasteiger partial charge in [0.25, 0.3) is 11.8 Å². The Labute approximate surface area is 191 Å². The van der Waals surface area contributed by atoms with E-state index in [4.69, 9.17) is 9.47 Å². The number of rotatable bonds is 6. The van der Waals surface area contributed by atoms with Crippen LogP contribution >= 0.6 is 0 Å². The first-order valence-electron chi connectivity index (χ1n) is 10.8. The molecule has 0 spiro atoms. The van der Waals surface area contributed by atoms with Crippen LogP contribution in [0, 0.1) is 5.82 Å². The van der Waals surface area contributed by atoms with Gasteiger partial charge in [0, 0.05) is 24.3 Å². The summed E-state index contributed by atoms with van der Waals surface area (Å²) >= 11 is 0. The van der Waals surface area contributed by atoms with E-state index in [0.29, 0.717) is 30.9 Å². The van der Waals surface area contributed by atoms with Crippen molar-refractivity contribution >= 4 is 17.5 Å². The topological polar surface area (TPSA) is 67.9 Å². The molecule has 2 amide bonds. The van der Waals surface area contributed by atoms with E-state index < -0.39 is 17.8 Å². The molecule has 0 aliphatic carbocycles. The molecule has 33 heavy (non-hydrogen) atoms. The van der Waals surface area contributed by atoms with Gasteiger partial charge in [0.2, 0.25) is 0 Å². The summed E-state index contributed by atoms with van der Waals surface area (Å²) in [4.78, 5) is 27.4. The standard InChI is InChI=1S/C26H25FN2O4/c1-3-23-26(31)29(15-17-7-6-8-20(13-17)32-2)16-18-14-19(11-12-24(18)33-23)28-25(30)21-9-4-5-10-22(21)27/h4-14,23H,3,15-16H2,1-2H3,(H,28,30). The molecule has 0 aromatic heterocycles. The molecule has 1 unspecified atom stereocenters. The highest BCUT2D eigenvalue weighted by atomic mass is 19.1. The lowest BCUT2D eigenvalue weighted by atomic mass is 10.1. The number of fused-ring (bicyclic) bond motifs is 1. The lowest BCUT2D eigenvalue weighted by Crippen LogP contribution is -2.38. The van der Waals surface area contributed by atoms with Gasteiger partial charge in [-0.1, -0.05) is 31.2 Å². The summed E-state index contributed by atoms with van der Waals surface area (Å²) in [5.74, 6) is 0.0737. The second kappa shape index (κ2) is 9.73. The normalized spacial score (nSPS) is 15.3. The molecule has 1 N–H and O–H groups in total. The van der Waals surface area contributed by atoms with Crippen molar-refractivity contribution in [2.24, 2.45) is 0 Å². The van der Waals surface area contributed by atoms with Crippen molar-refractivity contribution in [3.8, 4) is 11.5 Å². The minimum atomic E-state index is -0.601. The summed E-state index contributed by atoms with van der Waals surface area (Å²) in [5.41, 5.74) is 2.15. The van der Waals surface area contributed by atoms with Crippen LogP contribution in [-0.4, -0.2) is 29.9 Å². The minimum absolute atomic E-state index is 0.0374. The van der Waals surface area contributed by atoms with Crippen LogP contribution in [0.15, 0.2) is 66.7 Å². The fraction of sp³-hybridized carbons (Fsp3) is 0.231. The van der Waals surface area contributed by atoms with Crippen LogP contribution in [0.4, 0.5) is 10.1 Å². The van der Waals surface area contributed by atoms with Crippen LogP contribution in [0.5, 0.6) is 11.5 Å². The highest BCUT2D eigenvalue weighted by molar-refractivity contribution is 6.04. The molecule has 1 aliphatic heterocycles. The molecular weight excluding hydrogens is 423 g/mol. The van der Waals surface area contributed by atoms with Gasteiger partial charge in [-0.3, -0.25) is 9.59 Å². The molecule has 1 heterocycles. The number of ether oxygens (including phenoxy) is 2. The third kappa shape index (κ3) is 4.98. The Morgan fingerprint density at radius 3 is 2.73 bits per heavy atom. The maximum Gasteiger partial charge on any atom is 0.264 e. The molecule has 0 fully saturated rings. The smallest absolute Gasteiger partial charge is 0.264 e. The number of hydrogen-bond donors (Lipinski definition) is 1. The Hall–Kier alpha value is -3.87. The Morgan fingerprint density at radius 1 is 1.15 bits per heavy atom. The summed E-state index contributed by atoms with van der Waals surface area (Å²) < 4.78 is 25.3. The van der Waals surface area contributed by atoms with Crippen molar-refractivity contribution in [3.05, 3.63) is 89.2 Å². The van der Waals surface area contributed by atoms with Crippen molar-refractivity contribution in [2.75, 3.05) is 12.4 Å². The Balaban J connectivity index is 1.60. The second-order valence-electron chi connectivity index (χ2n) is 7.82. The molecule has 1 atom stereocenters. The molecule has 0 radical (unpaired) electrons. The van der Waals surface area contributed by atoms with Gasteiger partial charge in [0.1, 0.15) is 17.3 Å². The largest absolute Gasteiger partial charge is 0.497 e. The molecular formula is C26H25FN2O4. The number of benzene rings is 3. The SMILES string of the molecule is CCC1Oc2ccc(NC(=O)c3ccccc3F)cc2CN(Cc2cccc(OC)c2)C1=O. The van der Waals surface area contributed by atoms with E-state index in [1.807, 2.05) is 31.2 Å². The van der Waals surface area contributed by atoms with Gasteiger partial charge in [-0.25, -0.2) is 4.39 Å². The quantitative estimate of drug-likeness (QED) is 0.589. The third-order valence-electron chi connectivity index (χ3n) is 5.53. The van der Waals surface area contributed by atoms with Gasteiger partial charge in [-0.2, -0.15) is 0 Å². The first-order chi connectivity index (χ1) is 16.0. The average molecular weight is 448 g/mol. The van der Waals surface area contributed by atoms with Gasteiger partial charge in [-0.15, -0.1) is 0 Å². The van der Waals surface area contributed by atoms with Gasteiger partial charge in [0.05, 0.1) is 12.7 Å². The molecule has 0 bridgehead atoms. The van der Waals surface area contributed by atoms with Crippen molar-refractivity contribution in [2.45, 2.75) is 32.5 Å². The zero-order valence-corrected chi connectivity index (χ0v) is 18.5. The monoisotopic (exact) mass is 448 g/mol. The van der Waals surface area contributed by atoms with Crippen molar-refractivity contribution < 1.29 is 23.5 Å². The maximum absolute atomic E-state index is 14.0. The van der Waals surface area contributed by atoms with Gasteiger partial charge in [0.15, 0.2) is 6.10 Å². The lowest BCUT2D eigenvalue weighted by Gasteiger charge is -2.23. The number of amides is 2. The third-order valence-corrected chi connectivity index (χ3v) is 5.53. The summed E-state index contributed by atoms with van der Waals surface area (Å²) in [6, 6.07) is 18.6. The Bertz CT molecular complexity index is 1180. The molecule has 6 nitrogen and oxygen atoms in total. The number of carbonyl (C=O) groups excluding carboxylic acids is 2. The molecule has 3 aromatic carbocycles. The zero-order valence-electron chi connectivity index (χ0n) is 18.5. The summed E-state index contributed by atoms with van der Waals surface area (Å²) in [5, 5.41) is 2.73. The molecule has 170 valence electrons. The van der Waals surface area contributed by atoms with E-state index in [9.17, 15) is 14.0 Å². The van der Waals surface area contributed by atoms with Crippen molar-refractivity contribution in [3.63, 3.8) is 0 Å². The van der Waals surface area contributed by atoms with Crippen molar-refractivity contribution in [1.29, 1.82) is 0 Å². The fourth-order valence-electron chi connectivity index (χ4n) is 3.81. The van der Waals surface area contributed by atoms with Crippen LogP contribution in [0.1, 0.15) is 34.8 Å². The molecule has 7 heteroatoms. The number of methoxy groups -OCH3 is 1. The zero-order chi connectivity index (χ0) is 23.4. The van der Waals surface area contributed by atoms with E-state index in [2.05, 4.69) is 5.32 Å².